The van der Waals surface area contributed by atoms with E-state index < -0.39 is 0 Å². The molecule has 0 saturated heterocycles. The highest BCUT2D eigenvalue weighted by Gasteiger charge is 2.11. The van der Waals surface area contributed by atoms with Gasteiger partial charge in [-0.25, -0.2) is 4.98 Å². The van der Waals surface area contributed by atoms with Gasteiger partial charge in [0.05, 0.1) is 12.2 Å². The fourth-order valence-corrected chi connectivity index (χ4v) is 2.06. The average Bonchev–Trinajstić information content (AvgIpc) is 2.83. The molecule has 0 radical (unpaired) electrons. The lowest BCUT2D eigenvalue weighted by molar-refractivity contribution is 0.298. The second kappa shape index (κ2) is 5.92. The van der Waals surface area contributed by atoms with Crippen molar-refractivity contribution < 1.29 is 9.52 Å². The van der Waals surface area contributed by atoms with Crippen LogP contribution >= 0.6 is 0 Å². The molecule has 2 heterocycles. The minimum Gasteiger partial charge on any atom is -0.465 e. The van der Waals surface area contributed by atoms with Crippen LogP contribution < -0.4 is 10.9 Å². The second-order valence-electron chi connectivity index (χ2n) is 4.70. The summed E-state index contributed by atoms with van der Waals surface area (Å²) in [4.78, 5) is 16.5. The maximum atomic E-state index is 12.2. The van der Waals surface area contributed by atoms with Gasteiger partial charge in [0.15, 0.2) is 0 Å². The summed E-state index contributed by atoms with van der Waals surface area (Å²) in [5.74, 6) is 2.12. The predicted molar refractivity (Wildman–Crippen MR) is 75.8 cm³/mol. The summed E-state index contributed by atoms with van der Waals surface area (Å²) in [6.07, 6.45) is 0.323. The smallest absolute Gasteiger partial charge is 0.258 e. The van der Waals surface area contributed by atoms with E-state index in [9.17, 15) is 4.79 Å². The van der Waals surface area contributed by atoms with Crippen LogP contribution in [0, 0.1) is 13.8 Å². The first-order chi connectivity index (χ1) is 9.52. The van der Waals surface area contributed by atoms with Gasteiger partial charge in [0.2, 0.25) is 5.95 Å². The standard InChI is InChI=1S/C14H19N3O3/c1-9-4-5-11(20-9)8-15-14-16-10(2)12(6-7-18)13(19)17(14)3/h4-5,18H,6-8H2,1-3H3,(H,15,16). The molecular weight excluding hydrogens is 258 g/mol. The van der Waals surface area contributed by atoms with Crippen molar-refractivity contribution in [3.8, 4) is 0 Å². The van der Waals surface area contributed by atoms with Gasteiger partial charge in [0.1, 0.15) is 11.5 Å². The number of rotatable bonds is 5. The first-order valence-corrected chi connectivity index (χ1v) is 6.49. The molecule has 0 unspecified atom stereocenters. The van der Waals surface area contributed by atoms with Gasteiger partial charge in [-0.1, -0.05) is 0 Å². The van der Waals surface area contributed by atoms with Crippen LogP contribution in [0.1, 0.15) is 22.8 Å². The number of aryl methyl sites for hydroxylation is 2. The predicted octanol–water partition coefficient (Wildman–Crippen LogP) is 1.14. The van der Waals surface area contributed by atoms with E-state index in [1.807, 2.05) is 19.1 Å². The van der Waals surface area contributed by atoms with E-state index >= 15 is 0 Å². The van der Waals surface area contributed by atoms with Crippen molar-refractivity contribution in [2.24, 2.45) is 7.05 Å². The summed E-state index contributed by atoms with van der Waals surface area (Å²) in [6.45, 7) is 4.06. The van der Waals surface area contributed by atoms with Gasteiger partial charge in [-0.15, -0.1) is 0 Å². The lowest BCUT2D eigenvalue weighted by atomic mass is 10.2. The third-order valence-electron chi connectivity index (χ3n) is 3.17. The minimum absolute atomic E-state index is 0.0593. The Morgan fingerprint density at radius 2 is 2.15 bits per heavy atom. The zero-order chi connectivity index (χ0) is 14.7. The van der Waals surface area contributed by atoms with Crippen LogP contribution in [-0.4, -0.2) is 21.3 Å². The first-order valence-electron chi connectivity index (χ1n) is 6.49. The fraction of sp³-hybridized carbons (Fsp3) is 0.429. The molecule has 20 heavy (non-hydrogen) atoms. The molecule has 0 aliphatic carbocycles. The molecule has 6 nitrogen and oxygen atoms in total. The highest BCUT2D eigenvalue weighted by atomic mass is 16.3. The molecule has 2 aromatic heterocycles. The highest BCUT2D eigenvalue weighted by molar-refractivity contribution is 5.32. The monoisotopic (exact) mass is 277 g/mol. The number of nitrogens with one attached hydrogen (secondary N) is 1. The maximum absolute atomic E-state index is 12.2. The molecule has 2 aromatic rings. The highest BCUT2D eigenvalue weighted by Crippen LogP contribution is 2.10. The summed E-state index contributed by atoms with van der Waals surface area (Å²) >= 11 is 0. The molecule has 0 saturated carbocycles. The molecule has 108 valence electrons. The number of aliphatic hydroxyl groups is 1. The molecule has 0 aliphatic heterocycles. The Labute approximate surface area is 117 Å². The van der Waals surface area contributed by atoms with Crippen molar-refractivity contribution in [2.75, 3.05) is 11.9 Å². The van der Waals surface area contributed by atoms with Crippen LogP contribution in [0.15, 0.2) is 21.3 Å². The number of hydrogen-bond donors (Lipinski definition) is 2. The zero-order valence-electron chi connectivity index (χ0n) is 11.9. The van der Waals surface area contributed by atoms with Crippen LogP contribution in [-0.2, 0) is 20.0 Å². The average molecular weight is 277 g/mol. The lowest BCUT2D eigenvalue weighted by Gasteiger charge is -2.12. The van der Waals surface area contributed by atoms with Crippen LogP contribution in [0.4, 0.5) is 5.95 Å². The minimum atomic E-state index is -0.135. The maximum Gasteiger partial charge on any atom is 0.258 e. The van der Waals surface area contributed by atoms with E-state index in [-0.39, 0.29) is 12.2 Å². The van der Waals surface area contributed by atoms with Gasteiger partial charge < -0.3 is 14.8 Å². The zero-order valence-corrected chi connectivity index (χ0v) is 11.9. The number of aromatic nitrogens is 2. The van der Waals surface area contributed by atoms with Crippen LogP contribution in [0.3, 0.4) is 0 Å². The van der Waals surface area contributed by atoms with E-state index in [2.05, 4.69) is 10.3 Å². The lowest BCUT2D eigenvalue weighted by Crippen LogP contribution is -2.27. The number of aliphatic hydroxyl groups excluding tert-OH is 1. The summed E-state index contributed by atoms with van der Waals surface area (Å²) in [5.41, 5.74) is 1.05. The molecule has 0 atom stereocenters. The summed E-state index contributed by atoms with van der Waals surface area (Å²) in [5, 5.41) is 12.1. The summed E-state index contributed by atoms with van der Waals surface area (Å²) < 4.78 is 6.91. The van der Waals surface area contributed by atoms with Crippen LogP contribution in [0.25, 0.3) is 0 Å². The van der Waals surface area contributed by atoms with E-state index in [1.165, 1.54) is 4.57 Å². The summed E-state index contributed by atoms with van der Waals surface area (Å²) in [6, 6.07) is 3.77. The van der Waals surface area contributed by atoms with E-state index in [4.69, 9.17) is 9.52 Å². The van der Waals surface area contributed by atoms with E-state index in [0.29, 0.717) is 30.2 Å². The normalized spacial score (nSPS) is 10.8. The Hall–Kier alpha value is -2.08. The van der Waals surface area contributed by atoms with Crippen LogP contribution in [0.2, 0.25) is 0 Å². The molecule has 0 spiro atoms. The van der Waals surface area contributed by atoms with Crippen molar-refractivity contribution in [1.29, 1.82) is 0 Å². The van der Waals surface area contributed by atoms with Gasteiger partial charge in [-0.3, -0.25) is 9.36 Å². The molecule has 6 heteroatoms. The molecule has 0 bridgehead atoms. The Balaban J connectivity index is 2.22. The Morgan fingerprint density at radius 3 is 2.75 bits per heavy atom. The third kappa shape index (κ3) is 2.91. The first kappa shape index (κ1) is 14.3. The quantitative estimate of drug-likeness (QED) is 0.856. The van der Waals surface area contributed by atoms with Gasteiger partial charge in [0.25, 0.3) is 5.56 Å². The number of hydrogen-bond acceptors (Lipinski definition) is 5. The van der Waals surface area contributed by atoms with Crippen molar-refractivity contribution in [1.82, 2.24) is 9.55 Å². The fourth-order valence-electron chi connectivity index (χ4n) is 2.06. The second-order valence-corrected chi connectivity index (χ2v) is 4.70. The number of nitrogens with zero attached hydrogens (tertiary/aromatic N) is 2. The van der Waals surface area contributed by atoms with E-state index in [1.54, 1.807) is 14.0 Å². The molecule has 2 N–H and O–H groups in total. The van der Waals surface area contributed by atoms with Crippen molar-refractivity contribution in [3.05, 3.63) is 45.3 Å². The van der Waals surface area contributed by atoms with Gasteiger partial charge in [0, 0.05) is 25.6 Å². The van der Waals surface area contributed by atoms with Gasteiger partial charge in [-0.2, -0.15) is 0 Å². The van der Waals surface area contributed by atoms with E-state index in [0.717, 1.165) is 11.5 Å². The van der Waals surface area contributed by atoms with Crippen LogP contribution in [0.5, 0.6) is 0 Å². The number of furan rings is 1. The third-order valence-corrected chi connectivity index (χ3v) is 3.17. The molecule has 2 rings (SSSR count). The Morgan fingerprint density at radius 1 is 1.40 bits per heavy atom. The molecular formula is C14H19N3O3. The Kier molecular flexibility index (Phi) is 4.24. The SMILES string of the molecule is Cc1ccc(CNc2nc(C)c(CCO)c(=O)n2C)o1. The van der Waals surface area contributed by atoms with Crippen molar-refractivity contribution in [3.63, 3.8) is 0 Å². The molecule has 0 amide bonds. The topological polar surface area (TPSA) is 80.3 Å². The molecule has 0 aliphatic rings. The van der Waals surface area contributed by atoms with Crippen molar-refractivity contribution >= 4 is 5.95 Å². The summed E-state index contributed by atoms with van der Waals surface area (Å²) in [7, 11) is 1.66. The number of anilines is 1. The van der Waals surface area contributed by atoms with Gasteiger partial charge >= 0.3 is 0 Å². The van der Waals surface area contributed by atoms with Gasteiger partial charge in [-0.05, 0) is 26.0 Å². The molecule has 0 fully saturated rings. The molecule has 0 aromatic carbocycles. The van der Waals surface area contributed by atoms with Crippen molar-refractivity contribution in [2.45, 2.75) is 26.8 Å². The Bertz CT molecular complexity index is 658. The largest absolute Gasteiger partial charge is 0.465 e.